The lowest BCUT2D eigenvalue weighted by Gasteiger charge is -2.35. The van der Waals surface area contributed by atoms with Crippen LogP contribution >= 0.6 is 11.3 Å². The molecule has 3 aromatic heterocycles. The molecule has 0 aliphatic heterocycles. The van der Waals surface area contributed by atoms with Gasteiger partial charge in [-0.3, -0.25) is 18.8 Å². The van der Waals surface area contributed by atoms with E-state index in [9.17, 15) is 27.2 Å². The van der Waals surface area contributed by atoms with E-state index >= 15 is 0 Å². The molecule has 0 unspecified atom stereocenters. The van der Waals surface area contributed by atoms with E-state index in [1.165, 1.54) is 28.4 Å². The van der Waals surface area contributed by atoms with E-state index in [1.54, 1.807) is 11.6 Å². The van der Waals surface area contributed by atoms with Gasteiger partial charge in [-0.2, -0.15) is 5.10 Å². The number of anilines is 3. The molecule has 2 atom stereocenters. The van der Waals surface area contributed by atoms with Crippen LogP contribution in [0.5, 0.6) is 0 Å². The van der Waals surface area contributed by atoms with E-state index in [2.05, 4.69) is 31.2 Å². The Kier molecular flexibility index (Phi) is 5.97. The summed E-state index contributed by atoms with van der Waals surface area (Å²) in [6, 6.07) is 0.438. The second-order valence-corrected chi connectivity index (χ2v) is 12.8. The van der Waals surface area contributed by atoms with Gasteiger partial charge in [0, 0.05) is 48.8 Å². The normalized spacial score (nSPS) is 23.7. The summed E-state index contributed by atoms with van der Waals surface area (Å²) in [4.78, 5) is 27.5. The lowest BCUT2D eigenvalue weighted by atomic mass is 9.87. The standard InChI is InChI=1S/C26H28F4N8O2S/c1-37-18(7-16(36-37)20(27)28)33-24-35-31-11-38(24)13-2-3-17-14(6-13)19(22(40)32-12-8-26(29,30)9-12)23(41-17)34-21(39)15-10-25(15)4-5-25/h7,11-13,15,20H,2-6,8-10H2,1H3,(H,32,40)(H,33,35)(H,34,39)/t13-,15+/m0/s1. The minimum atomic E-state index is -2.78. The van der Waals surface area contributed by atoms with Crippen LogP contribution in [0.3, 0.4) is 0 Å². The highest BCUT2D eigenvalue weighted by atomic mass is 32.1. The maximum atomic E-state index is 13.5. The third-order valence-electron chi connectivity index (χ3n) is 8.85. The molecule has 0 radical (unpaired) electrons. The number of amides is 2. The maximum absolute atomic E-state index is 13.5. The molecule has 3 N–H and O–H groups in total. The van der Waals surface area contributed by atoms with E-state index in [-0.39, 0.29) is 29.0 Å². The van der Waals surface area contributed by atoms with Crippen LogP contribution in [0.2, 0.25) is 0 Å². The summed E-state index contributed by atoms with van der Waals surface area (Å²) in [6.07, 6.45) is 2.69. The van der Waals surface area contributed by atoms with Crippen LogP contribution in [-0.4, -0.2) is 48.3 Å². The Labute approximate surface area is 235 Å². The van der Waals surface area contributed by atoms with Crippen molar-refractivity contribution in [3.8, 4) is 0 Å². The van der Waals surface area contributed by atoms with Gasteiger partial charge >= 0.3 is 0 Å². The second-order valence-electron chi connectivity index (χ2n) is 11.7. The molecule has 4 aliphatic rings. The molecule has 0 saturated heterocycles. The van der Waals surface area contributed by atoms with Gasteiger partial charge < -0.3 is 16.0 Å². The number of rotatable bonds is 8. The third-order valence-corrected chi connectivity index (χ3v) is 10.1. The fourth-order valence-corrected chi connectivity index (χ4v) is 7.45. The molecule has 0 aromatic carbocycles. The summed E-state index contributed by atoms with van der Waals surface area (Å²) in [6.45, 7) is 0. The van der Waals surface area contributed by atoms with Crippen molar-refractivity contribution in [2.75, 3.05) is 10.6 Å². The number of carbonyl (C=O) groups excluding carboxylic acids is 2. The molecule has 4 aliphatic carbocycles. The SMILES string of the molecule is Cn1nc(C(F)F)cc1Nc1nncn1[C@H]1CCc2sc(NC(=O)[C@H]3CC34CC4)c(C(=O)NC3CC(F)(F)C3)c2C1. The number of alkyl halides is 4. The summed E-state index contributed by atoms with van der Waals surface area (Å²) in [5, 5.41) is 21.2. The van der Waals surface area contributed by atoms with Gasteiger partial charge in [0.25, 0.3) is 18.3 Å². The van der Waals surface area contributed by atoms with Crippen molar-refractivity contribution in [1.29, 1.82) is 0 Å². The fraction of sp³-hybridized carbons (Fsp3) is 0.577. The first-order valence-electron chi connectivity index (χ1n) is 13.6. The van der Waals surface area contributed by atoms with Gasteiger partial charge in [0.2, 0.25) is 11.9 Å². The molecule has 15 heteroatoms. The molecular weight excluding hydrogens is 564 g/mol. The molecule has 2 amide bonds. The molecule has 0 bridgehead atoms. The van der Waals surface area contributed by atoms with Crippen LogP contribution in [0.25, 0.3) is 0 Å². The molecule has 7 rings (SSSR count). The van der Waals surface area contributed by atoms with Gasteiger partial charge in [-0.1, -0.05) is 0 Å². The first-order chi connectivity index (χ1) is 19.5. The van der Waals surface area contributed by atoms with Gasteiger partial charge in [0.05, 0.1) is 5.56 Å². The first kappa shape index (κ1) is 26.4. The van der Waals surface area contributed by atoms with Crippen molar-refractivity contribution >= 4 is 39.9 Å². The topological polar surface area (TPSA) is 119 Å². The van der Waals surface area contributed by atoms with E-state index in [4.69, 9.17) is 0 Å². The molecule has 3 fully saturated rings. The maximum Gasteiger partial charge on any atom is 0.282 e. The van der Waals surface area contributed by atoms with Crippen LogP contribution in [0, 0.1) is 11.3 Å². The van der Waals surface area contributed by atoms with Crippen LogP contribution in [0.15, 0.2) is 12.4 Å². The van der Waals surface area contributed by atoms with Crippen molar-refractivity contribution in [1.82, 2.24) is 29.9 Å². The number of carbonyl (C=O) groups is 2. The predicted octanol–water partition coefficient (Wildman–Crippen LogP) is 4.75. The van der Waals surface area contributed by atoms with Gasteiger partial charge in [0.1, 0.15) is 22.8 Å². The highest BCUT2D eigenvalue weighted by Crippen LogP contribution is 2.70. The molecule has 3 saturated carbocycles. The molecule has 218 valence electrons. The number of nitrogens with zero attached hydrogens (tertiary/aromatic N) is 5. The number of thiophene rings is 1. The average Bonchev–Trinajstić information content (AvgIpc) is 3.65. The number of aromatic nitrogens is 5. The van der Waals surface area contributed by atoms with Gasteiger partial charge in [-0.25, -0.2) is 17.6 Å². The first-order valence-corrected chi connectivity index (χ1v) is 14.5. The molecule has 10 nitrogen and oxygen atoms in total. The van der Waals surface area contributed by atoms with Gasteiger partial charge in [-0.05, 0) is 49.5 Å². The highest BCUT2D eigenvalue weighted by Gasteiger charge is 2.65. The number of hydrogen-bond donors (Lipinski definition) is 3. The van der Waals surface area contributed by atoms with Crippen molar-refractivity contribution in [3.05, 3.63) is 34.1 Å². The monoisotopic (exact) mass is 592 g/mol. The lowest BCUT2D eigenvalue weighted by molar-refractivity contribution is -0.117. The Morgan fingerprint density at radius 2 is 1.98 bits per heavy atom. The molecular formula is C26H28F4N8O2S. The zero-order chi connectivity index (χ0) is 28.7. The van der Waals surface area contributed by atoms with Crippen LogP contribution in [-0.2, 0) is 24.7 Å². The van der Waals surface area contributed by atoms with Crippen molar-refractivity contribution < 1.29 is 27.2 Å². The van der Waals surface area contributed by atoms with Crippen molar-refractivity contribution in [2.24, 2.45) is 18.4 Å². The average molecular weight is 593 g/mol. The number of halogens is 4. The summed E-state index contributed by atoms with van der Waals surface area (Å²) in [5.74, 6) is -2.73. The Hall–Kier alpha value is -3.49. The lowest BCUT2D eigenvalue weighted by Crippen LogP contribution is -2.50. The van der Waals surface area contributed by atoms with Crippen molar-refractivity contribution in [3.63, 3.8) is 0 Å². The van der Waals surface area contributed by atoms with E-state index < -0.39 is 37.1 Å². The Morgan fingerprint density at radius 1 is 1.20 bits per heavy atom. The van der Waals surface area contributed by atoms with E-state index in [0.29, 0.717) is 41.6 Å². The summed E-state index contributed by atoms with van der Waals surface area (Å²) >= 11 is 1.37. The van der Waals surface area contributed by atoms with Gasteiger partial charge in [-0.15, -0.1) is 21.5 Å². The van der Waals surface area contributed by atoms with E-state index in [1.807, 2.05) is 0 Å². The predicted molar refractivity (Wildman–Crippen MR) is 141 cm³/mol. The molecule has 1 spiro atoms. The smallest absolute Gasteiger partial charge is 0.282 e. The summed E-state index contributed by atoms with van der Waals surface area (Å²) in [7, 11) is 1.54. The summed E-state index contributed by atoms with van der Waals surface area (Å²) < 4.78 is 56.3. The Balaban J connectivity index is 1.15. The largest absolute Gasteiger partial charge is 0.349 e. The number of nitrogens with one attached hydrogen (secondary N) is 3. The fourth-order valence-electron chi connectivity index (χ4n) is 6.21. The molecule has 3 aromatic rings. The number of hydrogen-bond acceptors (Lipinski definition) is 7. The van der Waals surface area contributed by atoms with Crippen molar-refractivity contribution in [2.45, 2.75) is 75.8 Å². The third kappa shape index (κ3) is 4.77. The van der Waals surface area contributed by atoms with Crippen LogP contribution in [0.1, 0.15) is 77.5 Å². The molecule has 3 heterocycles. The Bertz CT molecular complexity index is 1540. The van der Waals surface area contributed by atoms with Crippen LogP contribution in [0.4, 0.5) is 34.3 Å². The Morgan fingerprint density at radius 3 is 2.63 bits per heavy atom. The van der Waals surface area contributed by atoms with Gasteiger partial charge in [0.15, 0.2) is 0 Å². The second kappa shape index (κ2) is 9.26. The highest BCUT2D eigenvalue weighted by molar-refractivity contribution is 7.17. The number of fused-ring (bicyclic) bond motifs is 1. The minimum Gasteiger partial charge on any atom is -0.349 e. The van der Waals surface area contributed by atoms with Crippen LogP contribution < -0.4 is 16.0 Å². The minimum absolute atomic E-state index is 0.0427. The zero-order valence-electron chi connectivity index (χ0n) is 22.1. The quantitative estimate of drug-likeness (QED) is 0.325. The van der Waals surface area contributed by atoms with E-state index in [0.717, 1.165) is 29.7 Å². The zero-order valence-corrected chi connectivity index (χ0v) is 22.9. The summed E-state index contributed by atoms with van der Waals surface area (Å²) in [5.41, 5.74) is 0.880. The number of aryl methyl sites for hydroxylation is 2. The molecule has 41 heavy (non-hydrogen) atoms.